The molecule has 2 aromatic heterocycles. The van der Waals surface area contributed by atoms with Crippen LogP contribution in [-0.2, 0) is 6.42 Å². The van der Waals surface area contributed by atoms with Crippen molar-refractivity contribution in [2.75, 3.05) is 5.32 Å². The summed E-state index contributed by atoms with van der Waals surface area (Å²) in [7, 11) is 0. The number of rotatable bonds is 2. The molecule has 0 aromatic carbocycles. The van der Waals surface area contributed by atoms with Gasteiger partial charge >= 0.3 is 0 Å². The Morgan fingerprint density at radius 2 is 2.35 bits per heavy atom. The van der Waals surface area contributed by atoms with Gasteiger partial charge in [-0.05, 0) is 36.3 Å². The molecule has 0 bridgehead atoms. The number of thiophene rings is 1. The zero-order chi connectivity index (χ0) is 11.7. The molecule has 1 unspecified atom stereocenters. The second kappa shape index (κ2) is 4.41. The molecule has 0 spiro atoms. The van der Waals surface area contributed by atoms with E-state index < -0.39 is 5.95 Å². The minimum absolute atomic E-state index is 0.249. The van der Waals surface area contributed by atoms with Crippen molar-refractivity contribution < 1.29 is 4.39 Å². The van der Waals surface area contributed by atoms with Gasteiger partial charge in [0.1, 0.15) is 12.1 Å². The third-order valence-electron chi connectivity index (χ3n) is 3.01. The van der Waals surface area contributed by atoms with Crippen LogP contribution in [-0.4, -0.2) is 9.97 Å². The average molecular weight is 249 g/mol. The van der Waals surface area contributed by atoms with Gasteiger partial charge in [-0.1, -0.05) is 0 Å². The lowest BCUT2D eigenvalue weighted by atomic mass is 9.94. The molecule has 1 aliphatic rings. The zero-order valence-electron chi connectivity index (χ0n) is 9.19. The quantitative estimate of drug-likeness (QED) is 0.831. The summed E-state index contributed by atoms with van der Waals surface area (Å²) in [5.41, 5.74) is 1.33. The molecular formula is C12H12FN3S. The molecule has 1 N–H and O–H groups in total. The Balaban J connectivity index is 1.84. The Hall–Kier alpha value is -1.49. The van der Waals surface area contributed by atoms with E-state index >= 15 is 0 Å². The Morgan fingerprint density at radius 3 is 3.24 bits per heavy atom. The van der Waals surface area contributed by atoms with Crippen LogP contribution in [0, 0.1) is 5.95 Å². The van der Waals surface area contributed by atoms with E-state index in [9.17, 15) is 4.39 Å². The summed E-state index contributed by atoms with van der Waals surface area (Å²) in [5.74, 6) is 0.0606. The molecule has 0 radical (unpaired) electrons. The molecule has 3 nitrogen and oxygen atoms in total. The topological polar surface area (TPSA) is 37.8 Å². The highest BCUT2D eigenvalue weighted by atomic mass is 32.1. The number of hydrogen-bond acceptors (Lipinski definition) is 4. The van der Waals surface area contributed by atoms with E-state index in [0.717, 1.165) is 12.8 Å². The highest BCUT2D eigenvalue weighted by molar-refractivity contribution is 7.10. The maximum absolute atomic E-state index is 13.0. The molecule has 0 saturated heterocycles. The van der Waals surface area contributed by atoms with E-state index in [1.165, 1.54) is 29.3 Å². The largest absolute Gasteiger partial charge is 0.363 e. The van der Waals surface area contributed by atoms with Crippen LogP contribution < -0.4 is 5.32 Å². The summed E-state index contributed by atoms with van der Waals surface area (Å²) >= 11 is 1.80. The van der Waals surface area contributed by atoms with Crippen molar-refractivity contribution in [3.8, 4) is 0 Å². The minimum Gasteiger partial charge on any atom is -0.363 e. The number of anilines is 1. The Labute approximate surface area is 103 Å². The number of halogens is 1. The first-order chi connectivity index (χ1) is 8.33. The van der Waals surface area contributed by atoms with Gasteiger partial charge in [-0.2, -0.15) is 4.39 Å². The van der Waals surface area contributed by atoms with Gasteiger partial charge in [0.2, 0.25) is 5.95 Å². The molecule has 88 valence electrons. The van der Waals surface area contributed by atoms with Crippen LogP contribution in [0.2, 0.25) is 0 Å². The molecule has 0 aliphatic heterocycles. The smallest absolute Gasteiger partial charge is 0.217 e. The van der Waals surface area contributed by atoms with Crippen LogP contribution in [0.5, 0.6) is 0 Å². The maximum Gasteiger partial charge on any atom is 0.217 e. The third-order valence-corrected chi connectivity index (χ3v) is 4.00. The van der Waals surface area contributed by atoms with Gasteiger partial charge in [0, 0.05) is 10.9 Å². The van der Waals surface area contributed by atoms with Crippen LogP contribution >= 0.6 is 11.3 Å². The summed E-state index contributed by atoms with van der Waals surface area (Å²) in [6.45, 7) is 0. The molecule has 0 fully saturated rings. The first kappa shape index (κ1) is 10.7. The van der Waals surface area contributed by atoms with Gasteiger partial charge in [0.25, 0.3) is 0 Å². The number of fused-ring (bicyclic) bond motifs is 1. The summed E-state index contributed by atoms with van der Waals surface area (Å²) in [6.07, 6.45) is 4.63. The second-order valence-corrected chi connectivity index (χ2v) is 5.11. The van der Waals surface area contributed by atoms with Crippen molar-refractivity contribution in [2.24, 2.45) is 0 Å². The fraction of sp³-hybridized carbons (Fsp3) is 0.333. The molecule has 2 aromatic rings. The lowest BCUT2D eigenvalue weighted by Crippen LogP contribution is -2.16. The van der Waals surface area contributed by atoms with Crippen LogP contribution in [0.4, 0.5) is 10.2 Å². The van der Waals surface area contributed by atoms with E-state index in [0.29, 0.717) is 5.82 Å². The fourth-order valence-corrected chi connectivity index (χ4v) is 3.21. The van der Waals surface area contributed by atoms with Crippen molar-refractivity contribution in [3.05, 3.63) is 40.2 Å². The molecule has 0 saturated carbocycles. The summed E-state index contributed by atoms with van der Waals surface area (Å²) < 4.78 is 13.0. The van der Waals surface area contributed by atoms with Crippen molar-refractivity contribution in [1.29, 1.82) is 0 Å². The van der Waals surface area contributed by atoms with E-state index in [1.807, 2.05) is 0 Å². The van der Waals surface area contributed by atoms with Crippen LogP contribution in [0.25, 0.3) is 0 Å². The van der Waals surface area contributed by atoms with E-state index in [2.05, 4.69) is 26.7 Å². The Kier molecular flexibility index (Phi) is 2.76. The highest BCUT2D eigenvalue weighted by Gasteiger charge is 2.21. The van der Waals surface area contributed by atoms with Crippen molar-refractivity contribution in [2.45, 2.75) is 25.3 Å². The minimum atomic E-state index is -0.496. The van der Waals surface area contributed by atoms with E-state index in [4.69, 9.17) is 0 Å². The van der Waals surface area contributed by atoms with Crippen molar-refractivity contribution in [1.82, 2.24) is 9.97 Å². The molecule has 2 heterocycles. The SMILES string of the molecule is Fc1cc(NC2CCCc3sccc32)ncn1. The van der Waals surface area contributed by atoms with Gasteiger partial charge in [0.15, 0.2) is 0 Å². The maximum atomic E-state index is 13.0. The van der Waals surface area contributed by atoms with Crippen LogP contribution in [0.1, 0.15) is 29.3 Å². The Morgan fingerprint density at radius 1 is 1.41 bits per heavy atom. The van der Waals surface area contributed by atoms with Gasteiger partial charge < -0.3 is 5.32 Å². The number of nitrogens with one attached hydrogen (secondary N) is 1. The second-order valence-electron chi connectivity index (χ2n) is 4.11. The van der Waals surface area contributed by atoms with Crippen molar-refractivity contribution >= 4 is 17.2 Å². The first-order valence-electron chi connectivity index (χ1n) is 5.63. The van der Waals surface area contributed by atoms with Gasteiger partial charge in [-0.25, -0.2) is 9.97 Å². The highest BCUT2D eigenvalue weighted by Crippen LogP contribution is 2.35. The summed E-state index contributed by atoms with van der Waals surface area (Å²) in [6, 6.07) is 3.73. The van der Waals surface area contributed by atoms with Crippen molar-refractivity contribution in [3.63, 3.8) is 0 Å². The average Bonchev–Trinajstić information content (AvgIpc) is 2.78. The number of nitrogens with zero attached hydrogens (tertiary/aromatic N) is 2. The zero-order valence-corrected chi connectivity index (χ0v) is 10.0. The standard InChI is InChI=1S/C12H12FN3S/c13-11-6-12(15-7-14-11)16-9-2-1-3-10-8(9)4-5-17-10/h4-7,9H,1-3H2,(H,14,15,16). The Bertz CT molecular complexity index is 526. The van der Waals surface area contributed by atoms with E-state index in [-0.39, 0.29) is 6.04 Å². The van der Waals surface area contributed by atoms with Crippen LogP contribution in [0.15, 0.2) is 23.8 Å². The molecule has 5 heteroatoms. The summed E-state index contributed by atoms with van der Waals surface area (Å²) in [4.78, 5) is 8.92. The van der Waals surface area contributed by atoms with E-state index in [1.54, 1.807) is 11.3 Å². The molecule has 17 heavy (non-hydrogen) atoms. The lowest BCUT2D eigenvalue weighted by molar-refractivity contribution is 0.575. The summed E-state index contributed by atoms with van der Waals surface area (Å²) in [5, 5.41) is 5.40. The fourth-order valence-electron chi connectivity index (χ4n) is 2.23. The molecule has 1 atom stereocenters. The number of aromatic nitrogens is 2. The van der Waals surface area contributed by atoms with Crippen LogP contribution in [0.3, 0.4) is 0 Å². The monoisotopic (exact) mass is 249 g/mol. The number of hydrogen-bond donors (Lipinski definition) is 1. The van der Waals surface area contributed by atoms with Gasteiger partial charge in [0.05, 0.1) is 6.04 Å². The molecule has 0 amide bonds. The van der Waals surface area contributed by atoms with Gasteiger partial charge in [-0.3, -0.25) is 0 Å². The first-order valence-corrected chi connectivity index (χ1v) is 6.51. The third kappa shape index (κ3) is 2.15. The molecule has 3 rings (SSSR count). The predicted molar refractivity (Wildman–Crippen MR) is 65.6 cm³/mol. The normalized spacial score (nSPS) is 18.8. The van der Waals surface area contributed by atoms with Gasteiger partial charge in [-0.15, -0.1) is 11.3 Å². The molecule has 1 aliphatic carbocycles. The molecular weight excluding hydrogens is 237 g/mol. The number of aryl methyl sites for hydroxylation is 1. The predicted octanol–water partition coefficient (Wildman–Crippen LogP) is 3.17. The lowest BCUT2D eigenvalue weighted by Gasteiger charge is -2.24.